The van der Waals surface area contributed by atoms with Gasteiger partial charge in [0.15, 0.2) is 0 Å². The first kappa shape index (κ1) is 20.4. The Hall–Kier alpha value is -2.87. The molecule has 0 radical (unpaired) electrons. The highest BCUT2D eigenvalue weighted by atomic mass is 32.2. The first-order chi connectivity index (χ1) is 12.6. The maximum absolute atomic E-state index is 12.5. The molecule has 0 spiro atoms. The largest absolute Gasteiger partial charge is 0.347 e. The molecule has 0 saturated heterocycles. The lowest BCUT2D eigenvalue weighted by Crippen LogP contribution is -2.36. The Bertz CT molecular complexity index is 951. The molecule has 8 heteroatoms. The topological polar surface area (TPSA) is 95.6 Å². The monoisotopic (exact) mass is 389 g/mol. The van der Waals surface area contributed by atoms with Crippen molar-refractivity contribution in [2.24, 2.45) is 0 Å². The molecule has 0 unspecified atom stereocenters. The lowest BCUT2D eigenvalue weighted by atomic mass is 10.1. The van der Waals surface area contributed by atoms with Crippen LogP contribution in [-0.4, -0.2) is 45.8 Å². The van der Waals surface area contributed by atoms with Gasteiger partial charge in [0, 0.05) is 25.3 Å². The van der Waals surface area contributed by atoms with E-state index in [-0.39, 0.29) is 17.3 Å². The number of rotatable bonds is 6. The molecule has 0 heterocycles. The van der Waals surface area contributed by atoms with Crippen LogP contribution in [0.4, 0.5) is 5.69 Å². The molecule has 0 aromatic heterocycles. The molecule has 2 amide bonds. The molecule has 0 bridgehead atoms. The molecule has 0 atom stereocenters. The third kappa shape index (κ3) is 5.30. The van der Waals surface area contributed by atoms with Gasteiger partial charge >= 0.3 is 0 Å². The Morgan fingerprint density at radius 2 is 1.59 bits per heavy atom. The number of carbonyl (C=O) groups excluding carboxylic acids is 2. The Morgan fingerprint density at radius 3 is 2.15 bits per heavy atom. The van der Waals surface area contributed by atoms with Crippen LogP contribution < -0.4 is 10.0 Å². The average Bonchev–Trinajstić information content (AvgIpc) is 2.61. The number of sulfonamides is 1. The number of anilines is 1. The summed E-state index contributed by atoms with van der Waals surface area (Å²) in [5, 5.41) is 2.52. The summed E-state index contributed by atoms with van der Waals surface area (Å²) in [5.41, 5.74) is 2.57. The van der Waals surface area contributed by atoms with Gasteiger partial charge in [0.05, 0.1) is 11.4 Å². The maximum atomic E-state index is 12.5. The van der Waals surface area contributed by atoms with Crippen LogP contribution in [0.5, 0.6) is 0 Å². The Kier molecular flexibility index (Phi) is 6.22. The van der Waals surface area contributed by atoms with Gasteiger partial charge in [0.25, 0.3) is 15.9 Å². The van der Waals surface area contributed by atoms with Crippen molar-refractivity contribution in [2.75, 3.05) is 25.4 Å². The molecule has 0 fully saturated rings. The van der Waals surface area contributed by atoms with E-state index in [0.29, 0.717) is 11.3 Å². The molecular weight excluding hydrogens is 366 g/mol. The number of nitrogens with one attached hydrogen (secondary N) is 2. The van der Waals surface area contributed by atoms with Gasteiger partial charge in [-0.3, -0.25) is 14.3 Å². The van der Waals surface area contributed by atoms with E-state index < -0.39 is 15.9 Å². The van der Waals surface area contributed by atoms with Gasteiger partial charge in [-0.05, 0) is 61.4 Å². The van der Waals surface area contributed by atoms with E-state index in [1.807, 2.05) is 13.8 Å². The zero-order chi connectivity index (χ0) is 20.2. The standard InChI is InChI=1S/C19H23N3O4S/c1-13-5-10-17(11-14(13)2)27(25,26)21-16-8-6-15(7-9-16)19(24)20-12-18(23)22(3)4/h5-11,21H,12H2,1-4H3,(H,20,24). The smallest absolute Gasteiger partial charge is 0.261 e. The maximum Gasteiger partial charge on any atom is 0.261 e. The van der Waals surface area contributed by atoms with Crippen molar-refractivity contribution in [3.63, 3.8) is 0 Å². The molecule has 2 rings (SSSR count). The molecule has 144 valence electrons. The van der Waals surface area contributed by atoms with Gasteiger partial charge in [0.1, 0.15) is 0 Å². The minimum atomic E-state index is -3.72. The van der Waals surface area contributed by atoms with Crippen LogP contribution in [0.15, 0.2) is 47.4 Å². The number of benzene rings is 2. The van der Waals surface area contributed by atoms with Crippen LogP contribution in [0, 0.1) is 13.8 Å². The quantitative estimate of drug-likeness (QED) is 0.789. The fourth-order valence-corrected chi connectivity index (χ4v) is 3.34. The number of hydrogen-bond donors (Lipinski definition) is 2. The van der Waals surface area contributed by atoms with Gasteiger partial charge in [-0.25, -0.2) is 8.42 Å². The van der Waals surface area contributed by atoms with Gasteiger partial charge < -0.3 is 10.2 Å². The summed E-state index contributed by atoms with van der Waals surface area (Å²) in [5.74, 6) is -0.630. The van der Waals surface area contributed by atoms with Crippen molar-refractivity contribution >= 4 is 27.5 Å². The highest BCUT2D eigenvalue weighted by Gasteiger charge is 2.15. The normalized spacial score (nSPS) is 11.0. The molecule has 2 aromatic rings. The van der Waals surface area contributed by atoms with Crippen LogP contribution in [0.2, 0.25) is 0 Å². The number of nitrogens with zero attached hydrogens (tertiary/aromatic N) is 1. The zero-order valence-electron chi connectivity index (χ0n) is 15.7. The lowest BCUT2D eigenvalue weighted by Gasteiger charge is -2.12. The number of carbonyl (C=O) groups is 2. The van der Waals surface area contributed by atoms with Crippen LogP contribution in [0.25, 0.3) is 0 Å². The Balaban J connectivity index is 2.07. The minimum absolute atomic E-state index is 0.104. The third-order valence-corrected chi connectivity index (χ3v) is 5.47. The average molecular weight is 389 g/mol. The fourth-order valence-electron chi connectivity index (χ4n) is 2.20. The van der Waals surface area contributed by atoms with Crippen molar-refractivity contribution in [1.82, 2.24) is 10.2 Å². The summed E-state index contributed by atoms with van der Waals surface area (Å²) >= 11 is 0. The van der Waals surface area contributed by atoms with E-state index in [9.17, 15) is 18.0 Å². The predicted molar refractivity (Wildman–Crippen MR) is 104 cm³/mol. The van der Waals surface area contributed by atoms with E-state index in [1.54, 1.807) is 32.3 Å². The number of aryl methyl sites for hydroxylation is 2. The highest BCUT2D eigenvalue weighted by Crippen LogP contribution is 2.19. The fraction of sp³-hybridized carbons (Fsp3) is 0.263. The molecule has 7 nitrogen and oxygen atoms in total. The Labute approximate surface area is 159 Å². The van der Waals surface area contributed by atoms with E-state index in [0.717, 1.165) is 11.1 Å². The SMILES string of the molecule is Cc1ccc(S(=O)(=O)Nc2ccc(C(=O)NCC(=O)N(C)C)cc2)cc1C. The first-order valence-electron chi connectivity index (χ1n) is 8.28. The van der Waals surface area contributed by atoms with Crippen LogP contribution in [0.3, 0.4) is 0 Å². The van der Waals surface area contributed by atoms with Crippen molar-refractivity contribution in [3.8, 4) is 0 Å². The summed E-state index contributed by atoms with van der Waals surface area (Å²) in [4.78, 5) is 25.1. The van der Waals surface area contributed by atoms with E-state index >= 15 is 0 Å². The number of amides is 2. The van der Waals surface area contributed by atoms with Crippen LogP contribution in [0.1, 0.15) is 21.5 Å². The highest BCUT2D eigenvalue weighted by molar-refractivity contribution is 7.92. The summed E-state index contributed by atoms with van der Waals surface area (Å²) in [7, 11) is -0.513. The van der Waals surface area contributed by atoms with Gasteiger partial charge in [0.2, 0.25) is 5.91 Å². The first-order valence-corrected chi connectivity index (χ1v) is 9.77. The van der Waals surface area contributed by atoms with Crippen LogP contribution >= 0.6 is 0 Å². The summed E-state index contributed by atoms with van der Waals surface area (Å²) in [6.45, 7) is 3.66. The van der Waals surface area contributed by atoms with Gasteiger partial charge in [-0.15, -0.1) is 0 Å². The predicted octanol–water partition coefficient (Wildman–Crippen LogP) is 1.92. The molecular formula is C19H23N3O4S. The van der Waals surface area contributed by atoms with Crippen molar-refractivity contribution < 1.29 is 18.0 Å². The second-order valence-electron chi connectivity index (χ2n) is 6.40. The van der Waals surface area contributed by atoms with E-state index in [2.05, 4.69) is 10.0 Å². The minimum Gasteiger partial charge on any atom is -0.347 e. The molecule has 0 aliphatic heterocycles. The second kappa shape index (κ2) is 8.22. The zero-order valence-corrected chi connectivity index (χ0v) is 16.6. The van der Waals surface area contributed by atoms with Crippen molar-refractivity contribution in [2.45, 2.75) is 18.7 Å². The lowest BCUT2D eigenvalue weighted by molar-refractivity contribution is -0.127. The van der Waals surface area contributed by atoms with E-state index in [1.165, 1.54) is 29.2 Å². The number of hydrogen-bond acceptors (Lipinski definition) is 4. The molecule has 27 heavy (non-hydrogen) atoms. The van der Waals surface area contributed by atoms with Crippen molar-refractivity contribution in [1.29, 1.82) is 0 Å². The van der Waals surface area contributed by atoms with Gasteiger partial charge in [-0.2, -0.15) is 0 Å². The molecule has 2 aromatic carbocycles. The molecule has 0 saturated carbocycles. The van der Waals surface area contributed by atoms with Crippen LogP contribution in [-0.2, 0) is 14.8 Å². The Morgan fingerprint density at radius 1 is 0.963 bits per heavy atom. The molecule has 0 aliphatic rings. The number of likely N-dealkylation sites (N-methyl/N-ethyl adjacent to an activating group) is 1. The van der Waals surface area contributed by atoms with Crippen molar-refractivity contribution in [3.05, 3.63) is 59.2 Å². The summed E-state index contributed by atoms with van der Waals surface area (Å²) in [6.07, 6.45) is 0. The third-order valence-electron chi connectivity index (χ3n) is 4.09. The summed E-state index contributed by atoms with van der Waals surface area (Å²) in [6, 6.07) is 10.9. The molecule has 2 N–H and O–H groups in total. The van der Waals surface area contributed by atoms with E-state index in [4.69, 9.17) is 0 Å². The summed E-state index contributed by atoms with van der Waals surface area (Å²) < 4.78 is 27.5. The molecule has 0 aliphatic carbocycles. The second-order valence-corrected chi connectivity index (χ2v) is 8.08. The van der Waals surface area contributed by atoms with Gasteiger partial charge in [-0.1, -0.05) is 6.07 Å².